The van der Waals surface area contributed by atoms with E-state index in [-0.39, 0.29) is 11.7 Å². The van der Waals surface area contributed by atoms with Gasteiger partial charge in [-0.15, -0.1) is 0 Å². The molecule has 3 rings (SSSR count). The standard InChI is InChI=1S/C18H16N2O2S/c1-12-7-9-14(10-8-12)20(2)18-19-17(22)16(23-18)11-13-5-3-4-6-15(13)21/h3-11,21H,1-2H3. The minimum Gasteiger partial charge on any atom is -0.507 e. The second-order valence-electron chi connectivity index (χ2n) is 5.26. The van der Waals surface area contributed by atoms with E-state index in [0.717, 1.165) is 5.69 Å². The topological polar surface area (TPSA) is 52.9 Å². The van der Waals surface area contributed by atoms with Crippen molar-refractivity contribution in [3.63, 3.8) is 0 Å². The van der Waals surface area contributed by atoms with Crippen molar-refractivity contribution in [1.29, 1.82) is 0 Å². The number of thioether (sulfide) groups is 1. The molecule has 2 aromatic carbocycles. The van der Waals surface area contributed by atoms with Gasteiger partial charge in [-0.3, -0.25) is 4.79 Å². The lowest BCUT2D eigenvalue weighted by Crippen LogP contribution is -2.21. The number of carbonyl (C=O) groups is 1. The van der Waals surface area contributed by atoms with Gasteiger partial charge in [-0.2, -0.15) is 4.99 Å². The van der Waals surface area contributed by atoms with Gasteiger partial charge in [0.25, 0.3) is 5.91 Å². The van der Waals surface area contributed by atoms with Crippen LogP contribution >= 0.6 is 11.8 Å². The van der Waals surface area contributed by atoms with Gasteiger partial charge in [-0.1, -0.05) is 35.9 Å². The molecule has 2 aromatic rings. The van der Waals surface area contributed by atoms with Crippen molar-refractivity contribution < 1.29 is 9.90 Å². The first-order valence-corrected chi connectivity index (χ1v) is 7.97. The first-order valence-electron chi connectivity index (χ1n) is 7.15. The molecule has 0 bridgehead atoms. The second kappa shape index (κ2) is 6.30. The number of nitrogens with zero attached hydrogens (tertiary/aromatic N) is 2. The van der Waals surface area contributed by atoms with Crippen LogP contribution in [0.15, 0.2) is 58.4 Å². The van der Waals surface area contributed by atoms with Crippen LogP contribution in [0, 0.1) is 6.92 Å². The maximum atomic E-state index is 12.1. The van der Waals surface area contributed by atoms with Gasteiger partial charge in [0.1, 0.15) is 5.75 Å². The third-order valence-electron chi connectivity index (χ3n) is 3.54. The minimum atomic E-state index is -0.285. The van der Waals surface area contributed by atoms with Crippen LogP contribution in [0.3, 0.4) is 0 Å². The van der Waals surface area contributed by atoms with Crippen LogP contribution < -0.4 is 4.90 Å². The van der Waals surface area contributed by atoms with E-state index in [2.05, 4.69) is 4.99 Å². The monoisotopic (exact) mass is 324 g/mol. The zero-order valence-corrected chi connectivity index (χ0v) is 13.7. The molecule has 1 amide bonds. The predicted octanol–water partition coefficient (Wildman–Crippen LogP) is 3.81. The lowest BCUT2D eigenvalue weighted by atomic mass is 10.2. The molecule has 0 spiro atoms. The van der Waals surface area contributed by atoms with Gasteiger partial charge < -0.3 is 10.0 Å². The largest absolute Gasteiger partial charge is 0.507 e. The number of para-hydroxylation sites is 1. The van der Waals surface area contributed by atoms with E-state index in [1.807, 2.05) is 49.2 Å². The lowest BCUT2D eigenvalue weighted by molar-refractivity contribution is -0.113. The van der Waals surface area contributed by atoms with E-state index in [1.165, 1.54) is 17.3 Å². The Balaban J connectivity index is 1.82. The molecule has 0 saturated heterocycles. The number of anilines is 1. The average Bonchev–Trinajstić information content (AvgIpc) is 2.91. The van der Waals surface area contributed by atoms with Crippen LogP contribution in [-0.4, -0.2) is 23.2 Å². The predicted molar refractivity (Wildman–Crippen MR) is 95.7 cm³/mol. The summed E-state index contributed by atoms with van der Waals surface area (Å²) in [7, 11) is 1.88. The van der Waals surface area contributed by atoms with Crippen LogP contribution in [0.1, 0.15) is 11.1 Å². The molecule has 0 saturated carbocycles. The summed E-state index contributed by atoms with van der Waals surface area (Å²) in [5.41, 5.74) is 2.76. The fourth-order valence-corrected chi connectivity index (χ4v) is 3.06. The quantitative estimate of drug-likeness (QED) is 0.854. The molecule has 1 aliphatic heterocycles. The molecule has 4 nitrogen and oxygen atoms in total. The number of carbonyl (C=O) groups excluding carboxylic acids is 1. The zero-order chi connectivity index (χ0) is 16.4. The summed E-state index contributed by atoms with van der Waals surface area (Å²) in [6, 6.07) is 14.9. The number of phenols is 1. The molecule has 1 N–H and O–H groups in total. The van der Waals surface area contributed by atoms with Crippen molar-refractivity contribution in [2.45, 2.75) is 6.92 Å². The molecule has 1 aliphatic rings. The number of hydrogen-bond acceptors (Lipinski definition) is 4. The van der Waals surface area contributed by atoms with Gasteiger partial charge in [-0.05, 0) is 43.0 Å². The number of amidine groups is 1. The molecule has 0 atom stereocenters. The highest BCUT2D eigenvalue weighted by Gasteiger charge is 2.25. The number of phenolic OH excluding ortho intramolecular Hbond substituents is 1. The van der Waals surface area contributed by atoms with E-state index in [4.69, 9.17) is 0 Å². The maximum Gasteiger partial charge on any atom is 0.286 e. The van der Waals surface area contributed by atoms with Gasteiger partial charge >= 0.3 is 0 Å². The Kier molecular flexibility index (Phi) is 4.21. The fourth-order valence-electron chi connectivity index (χ4n) is 2.17. The molecule has 0 radical (unpaired) electrons. The fraction of sp³-hybridized carbons (Fsp3) is 0.111. The van der Waals surface area contributed by atoms with Crippen LogP contribution in [0.25, 0.3) is 6.08 Å². The molecule has 0 aliphatic carbocycles. The van der Waals surface area contributed by atoms with Crippen LogP contribution in [0.4, 0.5) is 5.69 Å². The number of aryl methyl sites for hydroxylation is 1. The summed E-state index contributed by atoms with van der Waals surface area (Å²) in [6.07, 6.45) is 1.67. The third kappa shape index (κ3) is 3.29. The van der Waals surface area contributed by atoms with E-state index in [9.17, 15) is 9.90 Å². The smallest absolute Gasteiger partial charge is 0.286 e. The van der Waals surface area contributed by atoms with Crippen LogP contribution in [-0.2, 0) is 4.79 Å². The second-order valence-corrected chi connectivity index (χ2v) is 6.27. The van der Waals surface area contributed by atoms with Crippen LogP contribution in [0.2, 0.25) is 0 Å². The Morgan fingerprint density at radius 3 is 2.52 bits per heavy atom. The molecular formula is C18H16N2O2S. The van der Waals surface area contributed by atoms with E-state index < -0.39 is 0 Å². The molecule has 0 fully saturated rings. The van der Waals surface area contributed by atoms with Crippen molar-refractivity contribution in [3.8, 4) is 5.75 Å². The van der Waals surface area contributed by atoms with E-state index in [1.54, 1.807) is 24.3 Å². The van der Waals surface area contributed by atoms with Gasteiger partial charge in [0.05, 0.1) is 4.91 Å². The minimum absolute atomic E-state index is 0.147. The molecular weight excluding hydrogens is 308 g/mol. The number of amides is 1. The normalized spacial score (nSPS) is 15.8. The first kappa shape index (κ1) is 15.4. The molecule has 0 aromatic heterocycles. The highest BCUT2D eigenvalue weighted by molar-refractivity contribution is 8.18. The molecule has 116 valence electrons. The van der Waals surface area contributed by atoms with E-state index >= 15 is 0 Å². The summed E-state index contributed by atoms with van der Waals surface area (Å²) in [6.45, 7) is 2.03. The Morgan fingerprint density at radius 1 is 1.13 bits per heavy atom. The average molecular weight is 324 g/mol. The van der Waals surface area contributed by atoms with Crippen molar-refractivity contribution in [3.05, 3.63) is 64.6 Å². The van der Waals surface area contributed by atoms with Gasteiger partial charge in [-0.25, -0.2) is 0 Å². The van der Waals surface area contributed by atoms with Crippen molar-refractivity contribution >= 4 is 34.6 Å². The molecule has 0 unspecified atom stereocenters. The number of aromatic hydroxyl groups is 1. The molecule has 1 heterocycles. The van der Waals surface area contributed by atoms with Crippen molar-refractivity contribution in [2.75, 3.05) is 11.9 Å². The van der Waals surface area contributed by atoms with Gasteiger partial charge in [0, 0.05) is 18.3 Å². The summed E-state index contributed by atoms with van der Waals surface area (Å²) in [5, 5.41) is 10.4. The number of aliphatic imine (C=N–C) groups is 1. The number of hydrogen-bond donors (Lipinski definition) is 1. The maximum absolute atomic E-state index is 12.1. The van der Waals surface area contributed by atoms with Gasteiger partial charge in [0.2, 0.25) is 0 Å². The lowest BCUT2D eigenvalue weighted by Gasteiger charge is -2.17. The highest BCUT2D eigenvalue weighted by Crippen LogP contribution is 2.33. The van der Waals surface area contributed by atoms with Gasteiger partial charge in [0.15, 0.2) is 5.17 Å². The number of benzene rings is 2. The number of rotatable bonds is 2. The highest BCUT2D eigenvalue weighted by atomic mass is 32.2. The van der Waals surface area contributed by atoms with Crippen molar-refractivity contribution in [2.24, 2.45) is 4.99 Å². The van der Waals surface area contributed by atoms with E-state index in [0.29, 0.717) is 15.6 Å². The SMILES string of the molecule is Cc1ccc(N(C)C2=NC(=O)C(=Cc3ccccc3O)S2)cc1. The Morgan fingerprint density at radius 2 is 1.83 bits per heavy atom. The Hall–Kier alpha value is -2.53. The Labute approximate surface area is 139 Å². The summed E-state index contributed by atoms with van der Waals surface area (Å²) >= 11 is 1.31. The van der Waals surface area contributed by atoms with Crippen LogP contribution in [0.5, 0.6) is 5.75 Å². The summed E-state index contributed by atoms with van der Waals surface area (Å²) < 4.78 is 0. The third-order valence-corrected chi connectivity index (χ3v) is 4.60. The molecule has 5 heteroatoms. The summed E-state index contributed by atoms with van der Waals surface area (Å²) in [4.78, 5) is 18.6. The first-order chi connectivity index (χ1) is 11.0. The zero-order valence-electron chi connectivity index (χ0n) is 12.9. The molecule has 23 heavy (non-hydrogen) atoms. The Bertz CT molecular complexity index is 810. The summed E-state index contributed by atoms with van der Waals surface area (Å²) in [5.74, 6) is -0.138. The van der Waals surface area contributed by atoms with Crippen molar-refractivity contribution in [1.82, 2.24) is 0 Å².